The number of benzene rings is 1. The van der Waals surface area contributed by atoms with E-state index in [1.165, 1.54) is 0 Å². The van der Waals surface area contributed by atoms with Crippen LogP contribution in [0.1, 0.15) is 55.5 Å². The van der Waals surface area contributed by atoms with Gasteiger partial charge in [-0.05, 0) is 37.3 Å². The SMILES string of the molecule is Cc1ccccc1C(=O)NC(C(=O)NC1CCCCC1O)C(C)C. The highest BCUT2D eigenvalue weighted by Crippen LogP contribution is 2.19. The lowest BCUT2D eigenvalue weighted by atomic mass is 9.92. The summed E-state index contributed by atoms with van der Waals surface area (Å²) in [6.45, 7) is 5.68. The highest BCUT2D eigenvalue weighted by atomic mass is 16.3. The van der Waals surface area contributed by atoms with Crippen LogP contribution in [0.4, 0.5) is 0 Å². The van der Waals surface area contributed by atoms with E-state index in [0.29, 0.717) is 12.0 Å². The molecule has 2 rings (SSSR count). The number of rotatable bonds is 5. The molecule has 3 N–H and O–H groups in total. The molecule has 1 saturated carbocycles. The molecule has 0 aromatic heterocycles. The van der Waals surface area contributed by atoms with Crippen LogP contribution in [0.3, 0.4) is 0 Å². The van der Waals surface area contributed by atoms with Crippen LogP contribution in [-0.4, -0.2) is 35.1 Å². The van der Waals surface area contributed by atoms with E-state index < -0.39 is 12.1 Å². The van der Waals surface area contributed by atoms with E-state index >= 15 is 0 Å². The topological polar surface area (TPSA) is 78.4 Å². The minimum absolute atomic E-state index is 0.0429. The smallest absolute Gasteiger partial charge is 0.252 e. The second kappa shape index (κ2) is 8.29. The summed E-state index contributed by atoms with van der Waals surface area (Å²) in [4.78, 5) is 25.1. The van der Waals surface area contributed by atoms with Crippen molar-refractivity contribution < 1.29 is 14.7 Å². The van der Waals surface area contributed by atoms with E-state index in [1.54, 1.807) is 6.07 Å². The molecule has 1 aliphatic carbocycles. The number of aliphatic hydroxyl groups excluding tert-OH is 1. The Labute approximate surface area is 143 Å². The van der Waals surface area contributed by atoms with Gasteiger partial charge in [-0.1, -0.05) is 44.9 Å². The van der Waals surface area contributed by atoms with Crippen molar-refractivity contribution in [1.29, 1.82) is 0 Å². The number of hydrogen-bond acceptors (Lipinski definition) is 3. The van der Waals surface area contributed by atoms with E-state index in [4.69, 9.17) is 0 Å². The van der Waals surface area contributed by atoms with Gasteiger partial charge in [0.2, 0.25) is 5.91 Å². The number of hydrogen-bond donors (Lipinski definition) is 3. The molecule has 0 aliphatic heterocycles. The molecule has 24 heavy (non-hydrogen) atoms. The Morgan fingerprint density at radius 1 is 1.17 bits per heavy atom. The largest absolute Gasteiger partial charge is 0.391 e. The number of carbonyl (C=O) groups excluding carboxylic acids is 2. The fourth-order valence-electron chi connectivity index (χ4n) is 3.13. The summed E-state index contributed by atoms with van der Waals surface area (Å²) in [5.74, 6) is -0.511. The molecular weight excluding hydrogens is 304 g/mol. The first kappa shape index (κ1) is 18.5. The lowest BCUT2D eigenvalue weighted by Gasteiger charge is -2.31. The fraction of sp³-hybridized carbons (Fsp3) is 0.579. The van der Waals surface area contributed by atoms with Gasteiger partial charge < -0.3 is 15.7 Å². The molecular formula is C19H28N2O3. The molecule has 5 heteroatoms. The van der Waals surface area contributed by atoms with Crippen LogP contribution in [0.25, 0.3) is 0 Å². The fourth-order valence-corrected chi connectivity index (χ4v) is 3.13. The Balaban J connectivity index is 2.04. The van der Waals surface area contributed by atoms with Gasteiger partial charge in [-0.25, -0.2) is 0 Å². The average molecular weight is 332 g/mol. The maximum atomic E-state index is 12.6. The van der Waals surface area contributed by atoms with Crippen LogP contribution in [0.5, 0.6) is 0 Å². The van der Waals surface area contributed by atoms with Crippen molar-refractivity contribution in [3.63, 3.8) is 0 Å². The molecule has 1 aromatic rings. The van der Waals surface area contributed by atoms with Gasteiger partial charge in [0.1, 0.15) is 6.04 Å². The molecule has 0 spiro atoms. The first-order valence-electron chi connectivity index (χ1n) is 8.75. The Morgan fingerprint density at radius 3 is 2.46 bits per heavy atom. The van der Waals surface area contributed by atoms with E-state index in [-0.39, 0.29) is 23.8 Å². The zero-order valence-electron chi connectivity index (χ0n) is 14.7. The van der Waals surface area contributed by atoms with E-state index in [9.17, 15) is 14.7 Å². The first-order valence-corrected chi connectivity index (χ1v) is 8.75. The van der Waals surface area contributed by atoms with E-state index in [0.717, 1.165) is 24.8 Å². The third-order valence-corrected chi connectivity index (χ3v) is 4.68. The first-order chi connectivity index (χ1) is 11.4. The summed E-state index contributed by atoms with van der Waals surface area (Å²) in [6, 6.07) is 6.48. The monoisotopic (exact) mass is 332 g/mol. The highest BCUT2D eigenvalue weighted by Gasteiger charge is 2.30. The Kier molecular flexibility index (Phi) is 6.37. The molecule has 0 radical (unpaired) electrons. The van der Waals surface area contributed by atoms with Gasteiger partial charge in [0, 0.05) is 5.56 Å². The van der Waals surface area contributed by atoms with Crippen molar-refractivity contribution in [2.45, 2.75) is 64.6 Å². The zero-order chi connectivity index (χ0) is 17.7. The predicted octanol–water partition coefficient (Wildman–Crippen LogP) is 2.17. The summed E-state index contributed by atoms with van der Waals surface area (Å²) in [6.07, 6.45) is 2.99. The Morgan fingerprint density at radius 2 is 1.83 bits per heavy atom. The van der Waals surface area contributed by atoms with Crippen LogP contribution >= 0.6 is 0 Å². The van der Waals surface area contributed by atoms with Crippen LogP contribution in [0, 0.1) is 12.8 Å². The van der Waals surface area contributed by atoms with Crippen LogP contribution in [-0.2, 0) is 4.79 Å². The average Bonchev–Trinajstić information content (AvgIpc) is 2.54. The summed E-state index contributed by atoms with van der Waals surface area (Å²) < 4.78 is 0. The van der Waals surface area contributed by atoms with Gasteiger partial charge in [0.25, 0.3) is 5.91 Å². The van der Waals surface area contributed by atoms with Gasteiger partial charge in [0.15, 0.2) is 0 Å². The lowest BCUT2D eigenvalue weighted by Crippen LogP contribution is -2.55. The highest BCUT2D eigenvalue weighted by molar-refractivity contribution is 5.98. The number of carbonyl (C=O) groups is 2. The summed E-state index contributed by atoms with van der Waals surface area (Å²) >= 11 is 0. The Bertz CT molecular complexity index is 586. The number of aryl methyl sites for hydroxylation is 1. The van der Waals surface area contributed by atoms with Crippen LogP contribution < -0.4 is 10.6 Å². The predicted molar refractivity (Wildman–Crippen MR) is 93.7 cm³/mol. The normalized spacial score (nSPS) is 22.0. The maximum absolute atomic E-state index is 12.6. The van der Waals surface area contributed by atoms with Crippen molar-refractivity contribution in [2.24, 2.45) is 5.92 Å². The molecule has 3 unspecified atom stereocenters. The minimum Gasteiger partial charge on any atom is -0.391 e. The third-order valence-electron chi connectivity index (χ3n) is 4.68. The second-order valence-electron chi connectivity index (χ2n) is 6.98. The van der Waals surface area contributed by atoms with E-state index in [2.05, 4.69) is 10.6 Å². The van der Waals surface area contributed by atoms with Gasteiger partial charge in [0.05, 0.1) is 12.1 Å². The van der Waals surface area contributed by atoms with Crippen molar-refractivity contribution in [3.05, 3.63) is 35.4 Å². The molecule has 2 amide bonds. The molecule has 0 saturated heterocycles. The molecule has 3 atom stereocenters. The second-order valence-corrected chi connectivity index (χ2v) is 6.98. The van der Waals surface area contributed by atoms with Gasteiger partial charge in [-0.3, -0.25) is 9.59 Å². The zero-order valence-corrected chi connectivity index (χ0v) is 14.7. The Hall–Kier alpha value is -1.88. The number of amides is 2. The quantitative estimate of drug-likeness (QED) is 0.773. The van der Waals surface area contributed by atoms with E-state index in [1.807, 2.05) is 39.0 Å². The molecule has 1 fully saturated rings. The molecule has 1 aromatic carbocycles. The number of nitrogens with one attached hydrogen (secondary N) is 2. The third kappa shape index (κ3) is 4.57. The molecule has 132 valence electrons. The van der Waals surface area contributed by atoms with Crippen molar-refractivity contribution in [2.75, 3.05) is 0 Å². The molecule has 0 heterocycles. The summed E-state index contributed by atoms with van der Waals surface area (Å²) in [5.41, 5.74) is 1.45. The molecule has 5 nitrogen and oxygen atoms in total. The van der Waals surface area contributed by atoms with Gasteiger partial charge in [-0.15, -0.1) is 0 Å². The molecule has 0 bridgehead atoms. The number of aliphatic hydroxyl groups is 1. The van der Waals surface area contributed by atoms with Crippen molar-refractivity contribution >= 4 is 11.8 Å². The van der Waals surface area contributed by atoms with Gasteiger partial charge >= 0.3 is 0 Å². The van der Waals surface area contributed by atoms with Crippen molar-refractivity contribution in [1.82, 2.24) is 10.6 Å². The van der Waals surface area contributed by atoms with Crippen LogP contribution in [0.15, 0.2) is 24.3 Å². The summed E-state index contributed by atoms with van der Waals surface area (Å²) in [5, 5.41) is 15.8. The maximum Gasteiger partial charge on any atom is 0.252 e. The summed E-state index contributed by atoms with van der Waals surface area (Å²) in [7, 11) is 0. The minimum atomic E-state index is -0.619. The standard InChI is InChI=1S/C19H28N2O3/c1-12(2)17(19(24)20-15-10-6-7-11-16(15)22)21-18(23)14-9-5-4-8-13(14)3/h4-5,8-9,12,15-17,22H,6-7,10-11H2,1-3H3,(H,20,24)(H,21,23). The van der Waals surface area contributed by atoms with Gasteiger partial charge in [-0.2, -0.15) is 0 Å². The molecule has 1 aliphatic rings. The van der Waals surface area contributed by atoms with Crippen molar-refractivity contribution in [3.8, 4) is 0 Å². The van der Waals surface area contributed by atoms with Crippen LogP contribution in [0.2, 0.25) is 0 Å². The lowest BCUT2D eigenvalue weighted by molar-refractivity contribution is -0.125.